The number of hydrogen-bond acceptors (Lipinski definition) is 3. The van der Waals surface area contributed by atoms with Crippen LogP contribution in [0.4, 0.5) is 4.79 Å². The molecule has 0 bridgehead atoms. The Morgan fingerprint density at radius 2 is 2.24 bits per heavy atom. The Morgan fingerprint density at radius 3 is 2.88 bits per heavy atom. The van der Waals surface area contributed by atoms with Gasteiger partial charge in [-0.15, -0.1) is 0 Å². The maximum absolute atomic E-state index is 11.3. The zero-order valence-electron chi connectivity index (χ0n) is 10.3. The number of nitrogens with zero attached hydrogens (tertiary/aromatic N) is 1. The molecule has 1 fully saturated rings. The van der Waals surface area contributed by atoms with Gasteiger partial charge in [0, 0.05) is 12.6 Å². The molecule has 1 aliphatic heterocycles. The topological polar surface area (TPSA) is 55.6 Å². The van der Waals surface area contributed by atoms with E-state index in [9.17, 15) is 4.79 Å². The summed E-state index contributed by atoms with van der Waals surface area (Å²) in [4.78, 5) is 13.0. The maximum atomic E-state index is 11.3. The van der Waals surface area contributed by atoms with E-state index >= 15 is 0 Å². The number of carbonyl (C=O) groups excluding carboxylic acids is 1. The van der Waals surface area contributed by atoms with Gasteiger partial charge in [0.2, 0.25) is 0 Å². The van der Waals surface area contributed by atoms with Crippen LogP contribution in [0.1, 0.15) is 22.7 Å². The highest BCUT2D eigenvalue weighted by Gasteiger charge is 2.24. The predicted octanol–water partition coefficient (Wildman–Crippen LogP) is 1.76. The van der Waals surface area contributed by atoms with Crippen LogP contribution < -0.4 is 5.73 Å². The number of benzene rings is 1. The Bertz CT molecular complexity index is 431. The summed E-state index contributed by atoms with van der Waals surface area (Å²) in [6.45, 7) is 5.70. The van der Waals surface area contributed by atoms with Crippen molar-refractivity contribution in [2.75, 3.05) is 19.7 Å². The molecule has 1 atom stereocenters. The van der Waals surface area contributed by atoms with E-state index in [0.29, 0.717) is 19.7 Å². The van der Waals surface area contributed by atoms with Crippen LogP contribution in [-0.2, 0) is 4.74 Å². The van der Waals surface area contributed by atoms with Gasteiger partial charge in [0.15, 0.2) is 0 Å². The molecule has 4 nitrogen and oxygen atoms in total. The van der Waals surface area contributed by atoms with E-state index in [1.165, 1.54) is 5.56 Å². The van der Waals surface area contributed by atoms with Crippen molar-refractivity contribution >= 4 is 6.09 Å². The number of nitrogens with two attached hydrogens (primary N) is 1. The first-order chi connectivity index (χ1) is 8.08. The van der Waals surface area contributed by atoms with Gasteiger partial charge in [-0.2, -0.15) is 0 Å². The van der Waals surface area contributed by atoms with E-state index in [0.717, 1.165) is 11.1 Å². The molecule has 1 unspecified atom stereocenters. The Hall–Kier alpha value is -1.55. The Morgan fingerprint density at radius 1 is 1.47 bits per heavy atom. The number of amides is 1. The average Bonchev–Trinajstić information content (AvgIpc) is 2.68. The molecule has 0 aliphatic carbocycles. The van der Waals surface area contributed by atoms with Gasteiger partial charge >= 0.3 is 6.09 Å². The third kappa shape index (κ3) is 2.58. The van der Waals surface area contributed by atoms with E-state index in [1.54, 1.807) is 4.90 Å². The molecule has 0 radical (unpaired) electrons. The molecule has 92 valence electrons. The largest absolute Gasteiger partial charge is 0.448 e. The van der Waals surface area contributed by atoms with Crippen molar-refractivity contribution in [3.63, 3.8) is 0 Å². The quantitative estimate of drug-likeness (QED) is 0.867. The monoisotopic (exact) mass is 234 g/mol. The molecule has 4 heteroatoms. The highest BCUT2D eigenvalue weighted by atomic mass is 16.6. The van der Waals surface area contributed by atoms with Crippen LogP contribution in [0.3, 0.4) is 0 Å². The van der Waals surface area contributed by atoms with Crippen LogP contribution in [0, 0.1) is 13.8 Å². The summed E-state index contributed by atoms with van der Waals surface area (Å²) in [7, 11) is 0. The molecule has 1 aromatic rings. The molecular formula is C13H18N2O2. The zero-order valence-corrected chi connectivity index (χ0v) is 10.3. The summed E-state index contributed by atoms with van der Waals surface area (Å²) in [6, 6.07) is 6.06. The number of aryl methyl sites for hydroxylation is 2. The van der Waals surface area contributed by atoms with Crippen molar-refractivity contribution in [1.29, 1.82) is 0 Å². The Balaban J connectivity index is 2.11. The summed E-state index contributed by atoms with van der Waals surface area (Å²) >= 11 is 0. The second-order valence-electron chi connectivity index (χ2n) is 4.53. The van der Waals surface area contributed by atoms with Gasteiger partial charge < -0.3 is 15.4 Å². The molecule has 0 saturated carbocycles. The predicted molar refractivity (Wildman–Crippen MR) is 65.8 cm³/mol. The molecule has 1 aromatic carbocycles. The molecule has 2 N–H and O–H groups in total. The number of ether oxygens (including phenoxy) is 1. The lowest BCUT2D eigenvalue weighted by Gasteiger charge is -2.20. The van der Waals surface area contributed by atoms with Gasteiger partial charge in [-0.3, -0.25) is 0 Å². The van der Waals surface area contributed by atoms with E-state index in [2.05, 4.69) is 18.2 Å². The van der Waals surface area contributed by atoms with Crippen molar-refractivity contribution in [1.82, 2.24) is 4.90 Å². The minimum absolute atomic E-state index is 0.152. The second kappa shape index (κ2) is 4.75. The summed E-state index contributed by atoms with van der Waals surface area (Å²) in [5, 5.41) is 0. The first-order valence-electron chi connectivity index (χ1n) is 5.82. The van der Waals surface area contributed by atoms with Crippen LogP contribution in [0.2, 0.25) is 0 Å². The molecule has 1 amide bonds. The summed E-state index contributed by atoms with van der Waals surface area (Å²) in [5.74, 6) is 0. The van der Waals surface area contributed by atoms with E-state index in [-0.39, 0.29) is 12.1 Å². The molecule has 1 saturated heterocycles. The highest BCUT2D eigenvalue weighted by Crippen LogP contribution is 2.19. The summed E-state index contributed by atoms with van der Waals surface area (Å²) in [5.41, 5.74) is 9.61. The Kier molecular flexibility index (Phi) is 3.33. The Labute approximate surface area is 101 Å². The number of rotatable bonds is 3. The zero-order chi connectivity index (χ0) is 12.4. The van der Waals surface area contributed by atoms with Gasteiger partial charge in [-0.1, -0.05) is 23.8 Å². The smallest absolute Gasteiger partial charge is 0.410 e. The van der Waals surface area contributed by atoms with Crippen LogP contribution in [0.5, 0.6) is 0 Å². The second-order valence-corrected chi connectivity index (χ2v) is 4.53. The van der Waals surface area contributed by atoms with Crippen LogP contribution in [-0.4, -0.2) is 30.7 Å². The molecule has 1 aliphatic rings. The molecule has 1 heterocycles. The third-order valence-corrected chi connectivity index (χ3v) is 3.10. The standard InChI is InChI=1S/C13H18N2O2/c1-9-3-4-10(2)11(7-9)12(14)8-15-5-6-17-13(15)16/h3-4,7,12H,5-6,8,14H2,1-2H3. The molecule has 0 aromatic heterocycles. The van der Waals surface area contributed by atoms with Gasteiger partial charge in [0.25, 0.3) is 0 Å². The van der Waals surface area contributed by atoms with Crippen molar-refractivity contribution in [3.05, 3.63) is 34.9 Å². The molecule has 2 rings (SSSR count). The van der Waals surface area contributed by atoms with Crippen LogP contribution in [0.25, 0.3) is 0 Å². The lowest BCUT2D eigenvalue weighted by Crippen LogP contribution is -2.33. The molecular weight excluding hydrogens is 216 g/mol. The van der Waals surface area contributed by atoms with Gasteiger partial charge in [0.05, 0.1) is 6.54 Å². The normalized spacial score (nSPS) is 17.1. The lowest BCUT2D eigenvalue weighted by atomic mass is 9.99. The van der Waals surface area contributed by atoms with Gasteiger partial charge in [-0.05, 0) is 25.0 Å². The summed E-state index contributed by atoms with van der Waals surface area (Å²) in [6.07, 6.45) is -0.259. The van der Waals surface area contributed by atoms with Crippen molar-refractivity contribution in [3.8, 4) is 0 Å². The van der Waals surface area contributed by atoms with Crippen molar-refractivity contribution < 1.29 is 9.53 Å². The highest BCUT2D eigenvalue weighted by molar-refractivity contribution is 5.69. The van der Waals surface area contributed by atoms with Crippen molar-refractivity contribution in [2.45, 2.75) is 19.9 Å². The minimum Gasteiger partial charge on any atom is -0.448 e. The van der Waals surface area contributed by atoms with Crippen molar-refractivity contribution in [2.24, 2.45) is 5.73 Å². The molecule has 17 heavy (non-hydrogen) atoms. The van der Waals surface area contributed by atoms with Crippen LogP contribution >= 0.6 is 0 Å². The molecule has 0 spiro atoms. The fourth-order valence-electron chi connectivity index (χ4n) is 2.09. The maximum Gasteiger partial charge on any atom is 0.410 e. The first-order valence-corrected chi connectivity index (χ1v) is 5.82. The van der Waals surface area contributed by atoms with E-state index < -0.39 is 0 Å². The van der Waals surface area contributed by atoms with Gasteiger partial charge in [-0.25, -0.2) is 4.79 Å². The van der Waals surface area contributed by atoms with E-state index in [4.69, 9.17) is 10.5 Å². The van der Waals surface area contributed by atoms with Crippen LogP contribution in [0.15, 0.2) is 18.2 Å². The average molecular weight is 234 g/mol. The summed E-state index contributed by atoms with van der Waals surface area (Å²) < 4.78 is 4.89. The number of hydrogen-bond donors (Lipinski definition) is 1. The number of cyclic esters (lactones) is 1. The fraction of sp³-hybridized carbons (Fsp3) is 0.462. The van der Waals surface area contributed by atoms with E-state index in [1.807, 2.05) is 13.8 Å². The fourth-order valence-corrected chi connectivity index (χ4v) is 2.09. The number of carbonyl (C=O) groups is 1. The lowest BCUT2D eigenvalue weighted by molar-refractivity contribution is 0.157. The third-order valence-electron chi connectivity index (χ3n) is 3.10. The SMILES string of the molecule is Cc1ccc(C)c(C(N)CN2CCOC2=O)c1. The minimum atomic E-state index is -0.259. The van der Waals surface area contributed by atoms with Gasteiger partial charge in [0.1, 0.15) is 6.61 Å². The first kappa shape index (κ1) is 11.9.